The van der Waals surface area contributed by atoms with Crippen LogP contribution in [0.1, 0.15) is 27.7 Å². The molecule has 3 aromatic rings. The average Bonchev–Trinajstić information content (AvgIpc) is 3.10. The number of phenols is 1. The lowest BCUT2D eigenvalue weighted by atomic mass is 9.99. The zero-order valence-corrected chi connectivity index (χ0v) is 19.7. The highest BCUT2D eigenvalue weighted by Gasteiger charge is 2.25. The lowest BCUT2D eigenvalue weighted by Crippen LogP contribution is -2.07. The molecule has 0 saturated heterocycles. The van der Waals surface area contributed by atoms with Crippen molar-refractivity contribution < 1.29 is 9.90 Å². The monoisotopic (exact) mass is 468 g/mol. The number of hydrogen-bond donors (Lipinski definition) is 1. The summed E-state index contributed by atoms with van der Waals surface area (Å²) in [7, 11) is 3.73. The van der Waals surface area contributed by atoms with Gasteiger partial charge in [-0.3, -0.25) is 4.79 Å². The highest BCUT2D eigenvalue weighted by atomic mass is 35.5. The fraction of sp³-hybridized carbons (Fsp3) is 0.167. The van der Waals surface area contributed by atoms with Gasteiger partial charge in [-0.2, -0.15) is 5.26 Å². The maximum absolute atomic E-state index is 13.3. The van der Waals surface area contributed by atoms with Gasteiger partial charge in [0.25, 0.3) is 0 Å². The van der Waals surface area contributed by atoms with Gasteiger partial charge >= 0.3 is 0 Å². The summed E-state index contributed by atoms with van der Waals surface area (Å²) >= 11 is 9.05. The first kappa shape index (κ1) is 23.0. The van der Waals surface area contributed by atoms with Crippen molar-refractivity contribution in [1.29, 1.82) is 5.26 Å². The van der Waals surface area contributed by atoms with Crippen LogP contribution in [-0.2, 0) is 5.75 Å². The third kappa shape index (κ3) is 5.50. The van der Waals surface area contributed by atoms with Crippen molar-refractivity contribution in [3.8, 4) is 22.9 Å². The Morgan fingerprint density at radius 3 is 2.58 bits per heavy atom. The van der Waals surface area contributed by atoms with E-state index in [9.17, 15) is 15.2 Å². The normalized spacial score (nSPS) is 11.3. The fourth-order valence-corrected chi connectivity index (χ4v) is 5.70. The Bertz CT molecular complexity index is 1180. The van der Waals surface area contributed by atoms with Crippen molar-refractivity contribution in [3.63, 3.8) is 0 Å². The number of aromatic hydroxyl groups is 1. The number of thiophene rings is 1. The smallest absolute Gasteiger partial charge is 0.200 e. The Hall–Kier alpha value is -2.72. The van der Waals surface area contributed by atoms with Crippen molar-refractivity contribution in [2.45, 2.75) is 16.9 Å². The maximum Gasteiger partial charge on any atom is 0.200 e. The van der Waals surface area contributed by atoms with E-state index in [1.165, 1.54) is 23.1 Å². The van der Waals surface area contributed by atoms with Gasteiger partial charge in [-0.1, -0.05) is 35.9 Å². The summed E-state index contributed by atoms with van der Waals surface area (Å²) in [5.74, 6) is 0.716. The quantitative estimate of drug-likeness (QED) is 0.241. The van der Waals surface area contributed by atoms with Crippen molar-refractivity contribution in [2.24, 2.45) is 0 Å². The number of allylic oxidation sites excluding steroid dienone is 1. The molecule has 0 aliphatic rings. The third-order valence-corrected chi connectivity index (χ3v) is 7.19. The third-order valence-electron chi connectivity index (χ3n) is 4.42. The summed E-state index contributed by atoms with van der Waals surface area (Å²) < 4.78 is 0.784. The molecule has 7 heteroatoms. The number of Topliss-reactive ketones (excluding diaryl/α,β-unsaturated/α-hetero) is 1. The van der Waals surface area contributed by atoms with Crippen LogP contribution in [0.5, 0.6) is 5.75 Å². The molecule has 0 atom stereocenters. The van der Waals surface area contributed by atoms with Crippen molar-refractivity contribution >= 4 is 40.5 Å². The van der Waals surface area contributed by atoms with Gasteiger partial charge < -0.3 is 10.0 Å². The number of phenolic OH excluding ortho intramolecular Hbond substituents is 1. The lowest BCUT2D eigenvalue weighted by molar-refractivity contribution is 0.103. The molecule has 0 aliphatic carbocycles. The first-order valence-corrected chi connectivity index (χ1v) is 11.6. The molecule has 3 rings (SSSR count). The first-order chi connectivity index (χ1) is 14.8. The Kier molecular flexibility index (Phi) is 7.45. The van der Waals surface area contributed by atoms with Gasteiger partial charge in [0.15, 0.2) is 0 Å². The van der Waals surface area contributed by atoms with E-state index in [4.69, 9.17) is 11.6 Å². The van der Waals surface area contributed by atoms with Crippen LogP contribution in [0.3, 0.4) is 0 Å². The lowest BCUT2D eigenvalue weighted by Gasteiger charge is -2.09. The summed E-state index contributed by atoms with van der Waals surface area (Å²) in [5.41, 5.74) is 3.46. The highest BCUT2D eigenvalue weighted by molar-refractivity contribution is 8.00. The largest absolute Gasteiger partial charge is 0.508 e. The molecule has 158 valence electrons. The average molecular weight is 469 g/mol. The molecule has 4 nitrogen and oxygen atoms in total. The number of ketones is 1. The van der Waals surface area contributed by atoms with Crippen LogP contribution in [0.2, 0.25) is 5.02 Å². The SMILES string of the molecule is CC(=CN(C)C)C(=O)c1sc(SCc2ccc(O)cc2)c(C#N)c1-c1cccc(Cl)c1. The standard InChI is InChI=1S/C24H21ClN2O2S2/c1-15(13-27(2)3)22(29)23-21(17-5-4-6-18(25)11-17)20(12-26)24(31-23)30-14-16-7-9-19(28)10-8-16/h4-11,13,28H,14H2,1-3H3. The van der Waals surface area contributed by atoms with Crippen molar-refractivity contribution in [2.75, 3.05) is 14.1 Å². The molecule has 1 aromatic heterocycles. The summed E-state index contributed by atoms with van der Waals surface area (Å²) in [4.78, 5) is 15.6. The number of rotatable bonds is 7. The summed E-state index contributed by atoms with van der Waals surface area (Å²) in [6, 6.07) is 16.5. The van der Waals surface area contributed by atoms with E-state index in [0.717, 1.165) is 15.3 Å². The van der Waals surface area contributed by atoms with E-state index in [1.807, 2.05) is 43.3 Å². The van der Waals surface area contributed by atoms with Gasteiger partial charge in [0.1, 0.15) is 11.8 Å². The summed E-state index contributed by atoms with van der Waals surface area (Å²) in [6.45, 7) is 1.78. The first-order valence-electron chi connectivity index (χ1n) is 9.43. The molecule has 1 heterocycles. The minimum Gasteiger partial charge on any atom is -0.508 e. The molecular formula is C24H21ClN2O2S2. The molecule has 0 saturated carbocycles. The molecule has 2 aromatic carbocycles. The number of hydrogen-bond acceptors (Lipinski definition) is 6. The van der Waals surface area contributed by atoms with Gasteiger partial charge in [0.2, 0.25) is 5.78 Å². The minimum absolute atomic E-state index is 0.110. The molecule has 0 radical (unpaired) electrons. The number of benzene rings is 2. The Balaban J connectivity index is 2.09. The van der Waals surface area contributed by atoms with Crippen LogP contribution in [0.25, 0.3) is 11.1 Å². The van der Waals surface area contributed by atoms with Crippen molar-refractivity contribution in [1.82, 2.24) is 4.90 Å². The Labute approximate surface area is 195 Å². The van der Waals surface area contributed by atoms with E-state index in [2.05, 4.69) is 6.07 Å². The van der Waals surface area contributed by atoms with Gasteiger partial charge in [-0.15, -0.1) is 23.1 Å². The van der Waals surface area contributed by atoms with E-state index in [0.29, 0.717) is 32.4 Å². The van der Waals surface area contributed by atoms with Crippen LogP contribution in [0.4, 0.5) is 0 Å². The second kappa shape index (κ2) is 10.1. The van der Waals surface area contributed by atoms with Crippen LogP contribution in [-0.4, -0.2) is 29.9 Å². The molecule has 0 amide bonds. The number of halogens is 1. The predicted octanol–water partition coefficient (Wildman–Crippen LogP) is 6.59. The molecular weight excluding hydrogens is 448 g/mol. The molecule has 0 bridgehead atoms. The summed E-state index contributed by atoms with van der Waals surface area (Å²) in [5, 5.41) is 20.0. The zero-order valence-electron chi connectivity index (χ0n) is 17.3. The van der Waals surface area contributed by atoms with Gasteiger partial charge in [0.05, 0.1) is 14.6 Å². The van der Waals surface area contributed by atoms with Gasteiger partial charge in [-0.25, -0.2) is 0 Å². The molecule has 0 unspecified atom stereocenters. The van der Waals surface area contributed by atoms with E-state index in [1.54, 1.807) is 37.4 Å². The molecule has 0 fully saturated rings. The fourth-order valence-electron chi connectivity index (χ4n) is 3.06. The number of nitriles is 1. The van der Waals surface area contributed by atoms with Crippen molar-refractivity contribution in [3.05, 3.63) is 81.3 Å². The van der Waals surface area contributed by atoms with E-state index >= 15 is 0 Å². The minimum atomic E-state index is -0.110. The molecule has 0 aliphatic heterocycles. The number of carbonyl (C=O) groups excluding carboxylic acids is 1. The van der Waals surface area contributed by atoms with E-state index < -0.39 is 0 Å². The molecule has 0 spiro atoms. The highest BCUT2D eigenvalue weighted by Crippen LogP contribution is 2.44. The number of nitrogens with zero attached hydrogens (tertiary/aromatic N) is 2. The van der Waals surface area contributed by atoms with E-state index in [-0.39, 0.29) is 11.5 Å². The number of thioether (sulfide) groups is 1. The van der Waals surface area contributed by atoms with Gasteiger partial charge in [-0.05, 0) is 42.3 Å². The Morgan fingerprint density at radius 1 is 1.26 bits per heavy atom. The van der Waals surface area contributed by atoms with Crippen LogP contribution >= 0.6 is 34.7 Å². The summed E-state index contributed by atoms with van der Waals surface area (Å²) in [6.07, 6.45) is 1.78. The van der Waals surface area contributed by atoms with Gasteiger partial charge in [0, 0.05) is 42.2 Å². The topological polar surface area (TPSA) is 64.3 Å². The zero-order chi connectivity index (χ0) is 22.5. The number of carbonyl (C=O) groups is 1. The molecule has 31 heavy (non-hydrogen) atoms. The second-order valence-electron chi connectivity index (χ2n) is 7.15. The van der Waals surface area contributed by atoms with Crippen LogP contribution in [0, 0.1) is 11.3 Å². The second-order valence-corrected chi connectivity index (χ2v) is 9.85. The van der Waals surface area contributed by atoms with Crippen LogP contribution < -0.4 is 0 Å². The van der Waals surface area contributed by atoms with Crippen LogP contribution in [0.15, 0.2) is 64.5 Å². The predicted molar refractivity (Wildman–Crippen MR) is 129 cm³/mol. The Morgan fingerprint density at radius 2 is 1.97 bits per heavy atom. The molecule has 1 N–H and O–H groups in total. The maximum atomic E-state index is 13.3.